The van der Waals surface area contributed by atoms with Crippen molar-refractivity contribution in [2.75, 3.05) is 5.88 Å². The zero-order valence-electron chi connectivity index (χ0n) is 5.00. The normalized spacial score (nSPS) is 9.78. The lowest BCUT2D eigenvalue weighted by Gasteiger charge is -1.88. The van der Waals surface area contributed by atoms with Gasteiger partial charge in [0.15, 0.2) is 5.17 Å². The molecule has 4 heteroatoms. The van der Waals surface area contributed by atoms with Gasteiger partial charge in [-0.2, -0.15) is 0 Å². The molecule has 0 rings (SSSR count). The number of aliphatic imine (C=N–C) groups is 1. The number of nitrogens with zero attached hydrogens (tertiary/aromatic N) is 1. The van der Waals surface area contributed by atoms with Crippen molar-refractivity contribution >= 4 is 23.1 Å². The van der Waals surface area contributed by atoms with E-state index >= 15 is 0 Å². The summed E-state index contributed by atoms with van der Waals surface area (Å²) in [6, 6.07) is 0. The van der Waals surface area contributed by atoms with E-state index in [1.165, 1.54) is 11.8 Å². The summed E-state index contributed by atoms with van der Waals surface area (Å²) in [4.78, 5) is 3.83. The molecule has 3 N–H and O–H groups in total. The predicted molar refractivity (Wildman–Crippen MR) is 43.1 cm³/mol. The highest BCUT2D eigenvalue weighted by Gasteiger charge is 1.83. The Morgan fingerprint density at radius 3 is 3.00 bits per heavy atom. The first-order chi connectivity index (χ1) is 4.27. The molecule has 0 aliphatic carbocycles. The van der Waals surface area contributed by atoms with Gasteiger partial charge in [-0.1, -0.05) is 24.4 Å². The second-order valence-corrected chi connectivity index (χ2v) is 2.19. The van der Waals surface area contributed by atoms with Crippen molar-refractivity contribution < 1.29 is 0 Å². The number of hydrogen-bond acceptors (Lipinski definition) is 3. The summed E-state index contributed by atoms with van der Waals surface area (Å²) in [6.45, 7) is 3.43. The van der Waals surface area contributed by atoms with Crippen LogP contribution in [0.5, 0.6) is 0 Å². The lowest BCUT2D eigenvalue weighted by atomic mass is 10.7. The molecule has 0 atom stereocenters. The van der Waals surface area contributed by atoms with Gasteiger partial charge in [0.2, 0.25) is 0 Å². The van der Waals surface area contributed by atoms with Gasteiger partial charge in [-0.15, -0.1) is 0 Å². The second kappa shape index (κ2) is 5.37. The summed E-state index contributed by atoms with van der Waals surface area (Å²) >= 11 is 1.19. The summed E-state index contributed by atoms with van der Waals surface area (Å²) in [5.41, 5.74) is 5.02. The lowest BCUT2D eigenvalue weighted by Crippen LogP contribution is -2.03. The minimum atomic E-state index is 0.0937. The largest absolute Gasteiger partial charge is 0.379 e. The highest BCUT2D eigenvalue weighted by molar-refractivity contribution is 8.13. The van der Waals surface area contributed by atoms with E-state index in [1.54, 1.807) is 12.3 Å². The number of thioether (sulfide) groups is 1. The number of nitrogens with one attached hydrogen (secondary N) is 1. The molecule has 0 amide bonds. The Labute approximate surface area is 58.6 Å². The van der Waals surface area contributed by atoms with Crippen LogP contribution in [-0.4, -0.2) is 17.3 Å². The average Bonchev–Trinajstić information content (AvgIpc) is 1.80. The molecule has 0 heterocycles. The van der Waals surface area contributed by atoms with Crippen LogP contribution >= 0.6 is 11.8 Å². The van der Waals surface area contributed by atoms with E-state index in [-0.39, 0.29) is 5.17 Å². The molecule has 0 unspecified atom stereocenters. The van der Waals surface area contributed by atoms with Gasteiger partial charge in [-0.05, 0) is 0 Å². The minimum Gasteiger partial charge on any atom is -0.379 e. The number of hydrogen-bond donors (Lipinski definition) is 2. The van der Waals surface area contributed by atoms with E-state index in [2.05, 4.69) is 11.6 Å². The molecule has 0 radical (unpaired) electrons. The van der Waals surface area contributed by atoms with Crippen LogP contribution in [0, 0.1) is 5.41 Å². The smallest absolute Gasteiger partial charge is 0.152 e. The van der Waals surface area contributed by atoms with Gasteiger partial charge >= 0.3 is 0 Å². The highest BCUT2D eigenvalue weighted by atomic mass is 32.2. The van der Waals surface area contributed by atoms with Gasteiger partial charge in [0.1, 0.15) is 0 Å². The van der Waals surface area contributed by atoms with Gasteiger partial charge in [-0.25, -0.2) is 0 Å². The molecule has 0 aliphatic heterocycles. The summed E-state index contributed by atoms with van der Waals surface area (Å²) in [5, 5.41) is 6.86. The quantitative estimate of drug-likeness (QED) is 0.454. The second-order valence-electron chi connectivity index (χ2n) is 1.21. The zero-order chi connectivity index (χ0) is 7.11. The molecule has 0 spiro atoms. The molecule has 0 bridgehead atoms. The zero-order valence-corrected chi connectivity index (χ0v) is 5.82. The number of amidine groups is 1. The van der Waals surface area contributed by atoms with Crippen LogP contribution in [0.4, 0.5) is 0 Å². The van der Waals surface area contributed by atoms with Crippen molar-refractivity contribution in [1.29, 1.82) is 5.41 Å². The summed E-state index contributed by atoms with van der Waals surface area (Å²) in [6.07, 6.45) is 3.16. The number of rotatable bonds is 3. The standard InChI is InChI=1S/C5H9N3S/c1-2-3-8-4-9-5(6)7/h2-3H,1,4H2,(H3,6,7). The maximum Gasteiger partial charge on any atom is 0.152 e. The van der Waals surface area contributed by atoms with E-state index in [1.807, 2.05) is 0 Å². The van der Waals surface area contributed by atoms with Gasteiger partial charge in [0, 0.05) is 6.21 Å². The minimum absolute atomic E-state index is 0.0937. The molecular formula is C5H9N3S. The van der Waals surface area contributed by atoms with E-state index in [0.29, 0.717) is 5.88 Å². The molecule has 0 fully saturated rings. The molecule has 0 saturated heterocycles. The fourth-order valence-electron chi connectivity index (χ4n) is 0.224. The van der Waals surface area contributed by atoms with Crippen LogP contribution < -0.4 is 5.73 Å². The Kier molecular flexibility index (Phi) is 4.91. The maximum absolute atomic E-state index is 6.77. The fourth-order valence-corrected chi connectivity index (χ4v) is 0.524. The van der Waals surface area contributed by atoms with Gasteiger partial charge in [-0.3, -0.25) is 10.4 Å². The van der Waals surface area contributed by atoms with Crippen molar-refractivity contribution in [3.63, 3.8) is 0 Å². The van der Waals surface area contributed by atoms with Crippen LogP contribution in [0.3, 0.4) is 0 Å². The molecule has 0 aromatic carbocycles. The molecule has 9 heavy (non-hydrogen) atoms. The third-order valence-electron chi connectivity index (χ3n) is 0.505. The number of nitrogens with two attached hydrogens (primary N) is 1. The molecule has 0 aromatic heterocycles. The van der Waals surface area contributed by atoms with Crippen LogP contribution in [0.25, 0.3) is 0 Å². The summed E-state index contributed by atoms with van der Waals surface area (Å²) < 4.78 is 0. The third-order valence-corrected chi connectivity index (χ3v) is 1.09. The first-order valence-corrected chi connectivity index (χ1v) is 3.33. The Hall–Kier alpha value is -0.770. The Balaban J connectivity index is 3.19. The number of allylic oxidation sites excluding steroid dienone is 1. The van der Waals surface area contributed by atoms with E-state index in [9.17, 15) is 0 Å². The van der Waals surface area contributed by atoms with Gasteiger partial charge in [0.25, 0.3) is 0 Å². The average molecular weight is 143 g/mol. The van der Waals surface area contributed by atoms with Crippen molar-refractivity contribution in [2.45, 2.75) is 0 Å². The van der Waals surface area contributed by atoms with Crippen molar-refractivity contribution in [1.82, 2.24) is 0 Å². The Morgan fingerprint density at radius 1 is 1.89 bits per heavy atom. The predicted octanol–water partition coefficient (Wildman–Crippen LogP) is 0.827. The molecule has 0 saturated carbocycles. The van der Waals surface area contributed by atoms with Gasteiger partial charge in [0.05, 0.1) is 5.88 Å². The maximum atomic E-state index is 6.77. The highest BCUT2D eigenvalue weighted by Crippen LogP contribution is 1.95. The van der Waals surface area contributed by atoms with E-state index in [0.717, 1.165) is 0 Å². The summed E-state index contributed by atoms with van der Waals surface area (Å²) in [5.74, 6) is 0.501. The van der Waals surface area contributed by atoms with Crippen molar-refractivity contribution in [3.8, 4) is 0 Å². The Bertz CT molecular complexity index is 130. The molecule has 0 aromatic rings. The first-order valence-electron chi connectivity index (χ1n) is 2.35. The molecule has 50 valence electrons. The summed E-state index contributed by atoms with van der Waals surface area (Å²) in [7, 11) is 0. The fraction of sp³-hybridized carbons (Fsp3) is 0.200. The van der Waals surface area contributed by atoms with Crippen LogP contribution in [0.15, 0.2) is 17.6 Å². The van der Waals surface area contributed by atoms with Crippen molar-refractivity contribution in [2.24, 2.45) is 10.7 Å². The van der Waals surface area contributed by atoms with E-state index < -0.39 is 0 Å². The van der Waals surface area contributed by atoms with Crippen LogP contribution in [-0.2, 0) is 0 Å². The monoisotopic (exact) mass is 143 g/mol. The molecular weight excluding hydrogens is 134 g/mol. The lowest BCUT2D eigenvalue weighted by molar-refractivity contribution is 1.40. The first kappa shape index (κ1) is 8.23. The van der Waals surface area contributed by atoms with Crippen LogP contribution in [0.2, 0.25) is 0 Å². The third kappa shape index (κ3) is 7.23. The van der Waals surface area contributed by atoms with Crippen LogP contribution in [0.1, 0.15) is 0 Å². The van der Waals surface area contributed by atoms with Gasteiger partial charge < -0.3 is 5.73 Å². The molecule has 3 nitrogen and oxygen atoms in total. The molecule has 0 aliphatic rings. The topological polar surface area (TPSA) is 62.2 Å². The van der Waals surface area contributed by atoms with E-state index in [4.69, 9.17) is 11.1 Å². The Morgan fingerprint density at radius 2 is 2.56 bits per heavy atom. The van der Waals surface area contributed by atoms with Crippen molar-refractivity contribution in [3.05, 3.63) is 12.7 Å². The SMILES string of the molecule is C=CC=NCSC(=N)N.